The molecule has 0 saturated heterocycles. The zero-order valence-electron chi connectivity index (χ0n) is 11.9. The van der Waals surface area contributed by atoms with Crippen LogP contribution in [0.5, 0.6) is 0 Å². The number of carbonyl (C=O) groups is 2. The van der Waals surface area contributed by atoms with Gasteiger partial charge in [-0.2, -0.15) is 0 Å². The van der Waals surface area contributed by atoms with E-state index in [-0.39, 0.29) is 17.7 Å². The summed E-state index contributed by atoms with van der Waals surface area (Å²) in [6.07, 6.45) is 0. The van der Waals surface area contributed by atoms with E-state index in [4.69, 9.17) is 0 Å². The number of nitrogens with one attached hydrogen (secondary N) is 2. The molecule has 1 unspecified atom stereocenters. The van der Waals surface area contributed by atoms with Crippen LogP contribution in [-0.4, -0.2) is 49.4 Å². The van der Waals surface area contributed by atoms with Crippen molar-refractivity contribution >= 4 is 11.8 Å². The van der Waals surface area contributed by atoms with Crippen LogP contribution < -0.4 is 10.6 Å². The molecule has 0 aromatic rings. The largest absolute Gasteiger partial charge is 0.357 e. The Morgan fingerprint density at radius 3 is 1.94 bits per heavy atom. The van der Waals surface area contributed by atoms with E-state index in [9.17, 15) is 9.59 Å². The van der Waals surface area contributed by atoms with Gasteiger partial charge in [-0.1, -0.05) is 13.8 Å². The maximum atomic E-state index is 12.1. The van der Waals surface area contributed by atoms with E-state index in [1.807, 2.05) is 46.7 Å². The van der Waals surface area contributed by atoms with Gasteiger partial charge in [-0.25, -0.2) is 0 Å². The van der Waals surface area contributed by atoms with Gasteiger partial charge < -0.3 is 10.6 Å². The van der Waals surface area contributed by atoms with Gasteiger partial charge in [0.2, 0.25) is 11.8 Å². The van der Waals surface area contributed by atoms with Crippen LogP contribution in [0.15, 0.2) is 0 Å². The summed E-state index contributed by atoms with van der Waals surface area (Å²) >= 11 is 0. The number of amides is 2. The molecular formula is C12H25N3O2. The van der Waals surface area contributed by atoms with Gasteiger partial charge >= 0.3 is 0 Å². The second kappa shape index (κ2) is 6.00. The molecule has 2 N–H and O–H groups in total. The molecule has 0 aliphatic rings. The van der Waals surface area contributed by atoms with Gasteiger partial charge in [0.25, 0.3) is 0 Å². The van der Waals surface area contributed by atoms with Gasteiger partial charge in [-0.05, 0) is 33.9 Å². The van der Waals surface area contributed by atoms with Gasteiger partial charge in [-0.3, -0.25) is 14.5 Å². The molecule has 0 saturated carbocycles. The molecule has 0 aliphatic heterocycles. The highest BCUT2D eigenvalue weighted by atomic mass is 16.2. The summed E-state index contributed by atoms with van der Waals surface area (Å²) in [5.74, 6) is -0.260. The Hall–Kier alpha value is -1.10. The minimum atomic E-state index is -0.638. The average Bonchev–Trinajstić information content (AvgIpc) is 2.23. The lowest BCUT2D eigenvalue weighted by Crippen LogP contribution is -2.58. The zero-order chi connectivity index (χ0) is 13.8. The number of hydrogen-bond donors (Lipinski definition) is 2. The highest BCUT2D eigenvalue weighted by Gasteiger charge is 2.33. The van der Waals surface area contributed by atoms with Crippen LogP contribution >= 0.6 is 0 Å². The molecule has 100 valence electrons. The molecule has 2 amide bonds. The highest BCUT2D eigenvalue weighted by Crippen LogP contribution is 2.12. The summed E-state index contributed by atoms with van der Waals surface area (Å²) in [6, 6.07) is -0.494. The van der Waals surface area contributed by atoms with Gasteiger partial charge in [-0.15, -0.1) is 0 Å². The highest BCUT2D eigenvalue weighted by molar-refractivity contribution is 5.91. The lowest BCUT2D eigenvalue weighted by molar-refractivity contribution is -0.135. The molecule has 0 rings (SSSR count). The summed E-state index contributed by atoms with van der Waals surface area (Å²) < 4.78 is 0. The molecule has 0 spiro atoms. The zero-order valence-corrected chi connectivity index (χ0v) is 11.9. The lowest BCUT2D eigenvalue weighted by atomic mass is 9.99. The van der Waals surface area contributed by atoms with Gasteiger partial charge in [0.1, 0.15) is 6.04 Å². The van der Waals surface area contributed by atoms with Crippen LogP contribution in [0.2, 0.25) is 0 Å². The van der Waals surface area contributed by atoms with E-state index in [1.54, 1.807) is 7.05 Å². The Labute approximate surface area is 104 Å². The van der Waals surface area contributed by atoms with Crippen LogP contribution in [0.1, 0.15) is 27.7 Å². The number of carbonyl (C=O) groups excluding carboxylic acids is 2. The molecule has 0 aromatic carbocycles. The summed E-state index contributed by atoms with van der Waals surface area (Å²) in [7, 11) is 5.24. The van der Waals surface area contributed by atoms with Crippen molar-refractivity contribution in [1.82, 2.24) is 15.5 Å². The first-order chi connectivity index (χ1) is 7.64. The molecular weight excluding hydrogens is 218 g/mol. The standard InChI is InChI=1S/C12H25N3O2/c1-8(2)9(10(16)13-5)14-11(17)12(3,4)15(6)7/h8-9H,1-7H3,(H,13,16)(H,14,17). The van der Waals surface area contributed by atoms with E-state index in [2.05, 4.69) is 10.6 Å². The second-order valence-electron chi connectivity index (χ2n) is 5.26. The first-order valence-electron chi connectivity index (χ1n) is 5.84. The van der Waals surface area contributed by atoms with Crippen molar-refractivity contribution in [3.63, 3.8) is 0 Å². The number of nitrogens with zero attached hydrogens (tertiary/aromatic N) is 1. The molecule has 17 heavy (non-hydrogen) atoms. The molecule has 0 aliphatic carbocycles. The first-order valence-corrected chi connectivity index (χ1v) is 5.84. The maximum Gasteiger partial charge on any atom is 0.242 e. The number of likely N-dealkylation sites (N-methyl/N-ethyl adjacent to an activating group) is 2. The van der Waals surface area contributed by atoms with Crippen LogP contribution in [0, 0.1) is 5.92 Å². The van der Waals surface area contributed by atoms with Gasteiger partial charge in [0.15, 0.2) is 0 Å². The predicted molar refractivity (Wildman–Crippen MR) is 68.6 cm³/mol. The number of rotatable bonds is 5. The lowest BCUT2D eigenvalue weighted by Gasteiger charge is -2.33. The van der Waals surface area contributed by atoms with Crippen molar-refractivity contribution in [2.45, 2.75) is 39.3 Å². The van der Waals surface area contributed by atoms with Crippen molar-refractivity contribution in [1.29, 1.82) is 0 Å². The van der Waals surface area contributed by atoms with Crippen molar-refractivity contribution < 1.29 is 9.59 Å². The Morgan fingerprint density at radius 2 is 1.65 bits per heavy atom. The Balaban J connectivity index is 4.79. The average molecular weight is 243 g/mol. The third-order valence-corrected chi connectivity index (χ3v) is 3.16. The molecule has 5 heteroatoms. The van der Waals surface area contributed by atoms with Crippen molar-refractivity contribution in [3.8, 4) is 0 Å². The Bertz CT molecular complexity index is 285. The fourth-order valence-corrected chi connectivity index (χ4v) is 1.21. The molecule has 0 bridgehead atoms. The smallest absolute Gasteiger partial charge is 0.242 e. The molecule has 0 heterocycles. The second-order valence-corrected chi connectivity index (χ2v) is 5.26. The third-order valence-electron chi connectivity index (χ3n) is 3.16. The van der Waals surface area contributed by atoms with E-state index in [0.717, 1.165) is 0 Å². The topological polar surface area (TPSA) is 61.4 Å². The van der Waals surface area contributed by atoms with Crippen molar-refractivity contribution in [2.75, 3.05) is 21.1 Å². The van der Waals surface area contributed by atoms with Crippen LogP contribution in [0.4, 0.5) is 0 Å². The van der Waals surface area contributed by atoms with Crippen molar-refractivity contribution in [3.05, 3.63) is 0 Å². The maximum absolute atomic E-state index is 12.1. The van der Waals surface area contributed by atoms with Crippen LogP contribution in [0.25, 0.3) is 0 Å². The Morgan fingerprint density at radius 1 is 1.18 bits per heavy atom. The van der Waals surface area contributed by atoms with Crippen molar-refractivity contribution in [2.24, 2.45) is 5.92 Å². The SMILES string of the molecule is CNC(=O)C(NC(=O)C(C)(C)N(C)C)C(C)C. The number of hydrogen-bond acceptors (Lipinski definition) is 3. The van der Waals surface area contributed by atoms with E-state index in [0.29, 0.717) is 0 Å². The minimum Gasteiger partial charge on any atom is -0.357 e. The van der Waals surface area contributed by atoms with Crippen LogP contribution in [-0.2, 0) is 9.59 Å². The molecule has 0 radical (unpaired) electrons. The summed E-state index contributed by atoms with van der Waals surface area (Å²) in [6.45, 7) is 7.46. The molecule has 0 fully saturated rings. The van der Waals surface area contributed by atoms with E-state index >= 15 is 0 Å². The Kier molecular flexibility index (Phi) is 5.61. The summed E-state index contributed by atoms with van der Waals surface area (Å²) in [4.78, 5) is 25.6. The van der Waals surface area contributed by atoms with Gasteiger partial charge in [0.05, 0.1) is 5.54 Å². The molecule has 5 nitrogen and oxygen atoms in total. The van der Waals surface area contributed by atoms with E-state index in [1.165, 1.54) is 0 Å². The normalized spacial score (nSPS) is 13.7. The summed E-state index contributed by atoms with van der Waals surface area (Å²) in [5, 5.41) is 5.36. The summed E-state index contributed by atoms with van der Waals surface area (Å²) in [5.41, 5.74) is -0.638. The van der Waals surface area contributed by atoms with Crippen LogP contribution in [0.3, 0.4) is 0 Å². The van der Waals surface area contributed by atoms with Gasteiger partial charge in [0, 0.05) is 7.05 Å². The predicted octanol–water partition coefficient (Wildman–Crippen LogP) is 0.213. The first kappa shape index (κ1) is 15.9. The molecule has 1 atom stereocenters. The quantitative estimate of drug-likeness (QED) is 0.726. The molecule has 0 aromatic heterocycles. The fraction of sp³-hybridized carbons (Fsp3) is 0.833. The van der Waals surface area contributed by atoms with E-state index < -0.39 is 11.6 Å². The third kappa shape index (κ3) is 4.00. The fourth-order valence-electron chi connectivity index (χ4n) is 1.21. The minimum absolute atomic E-state index is 0.0527. The monoisotopic (exact) mass is 243 g/mol.